The summed E-state index contributed by atoms with van der Waals surface area (Å²) in [5, 5.41) is 11.8. The smallest absolute Gasteiger partial charge is 0.159 e. The van der Waals surface area contributed by atoms with E-state index in [0.29, 0.717) is 11.0 Å². The third kappa shape index (κ3) is 3.08. The van der Waals surface area contributed by atoms with E-state index in [4.69, 9.17) is 16.6 Å². The maximum absolute atomic E-state index is 5.79. The molecule has 1 aliphatic rings. The fraction of sp³-hybridized carbons (Fsp3) is 0.222. The topological polar surface area (TPSA) is 63.6 Å². The highest BCUT2D eigenvalue weighted by Crippen LogP contribution is 2.31. The third-order valence-electron chi connectivity index (χ3n) is 4.17. The Morgan fingerprint density at radius 2 is 1.92 bits per heavy atom. The highest BCUT2D eigenvalue weighted by molar-refractivity contribution is 6.29. The lowest BCUT2D eigenvalue weighted by atomic mass is 9.92. The number of fused-ring (bicyclic) bond motifs is 1. The van der Waals surface area contributed by atoms with Gasteiger partial charge in [-0.2, -0.15) is 0 Å². The van der Waals surface area contributed by atoms with Gasteiger partial charge in [-0.3, -0.25) is 0 Å². The summed E-state index contributed by atoms with van der Waals surface area (Å²) in [4.78, 5) is 9.34. The van der Waals surface area contributed by atoms with Gasteiger partial charge in [-0.25, -0.2) is 9.97 Å². The summed E-state index contributed by atoms with van der Waals surface area (Å²) in [6.07, 6.45) is 5.01. The Balaban J connectivity index is 1.62. The van der Waals surface area contributed by atoms with Crippen molar-refractivity contribution in [2.24, 2.45) is 0 Å². The lowest BCUT2D eigenvalue weighted by molar-refractivity contribution is 0.582. The lowest BCUT2D eigenvalue weighted by Gasteiger charge is -2.25. The van der Waals surface area contributed by atoms with Crippen LogP contribution in [0.4, 0.5) is 5.82 Å². The van der Waals surface area contributed by atoms with E-state index in [0.717, 1.165) is 41.9 Å². The summed E-state index contributed by atoms with van der Waals surface area (Å²) in [5.41, 5.74) is 3.28. The summed E-state index contributed by atoms with van der Waals surface area (Å²) < 4.78 is 0. The summed E-state index contributed by atoms with van der Waals surface area (Å²) >= 11 is 5.79. The van der Waals surface area contributed by atoms with Gasteiger partial charge in [-0.05, 0) is 31.4 Å². The Morgan fingerprint density at radius 3 is 2.71 bits per heavy atom. The Morgan fingerprint density at radius 1 is 1.04 bits per heavy atom. The minimum Gasteiger partial charge on any atom is -0.362 e. The first-order chi connectivity index (χ1) is 11.8. The van der Waals surface area contributed by atoms with Crippen molar-refractivity contribution in [2.75, 3.05) is 5.32 Å². The molecule has 0 spiro atoms. The number of anilines is 1. The van der Waals surface area contributed by atoms with Crippen molar-refractivity contribution in [3.8, 4) is 11.4 Å². The zero-order valence-electron chi connectivity index (χ0n) is 13.0. The average molecular weight is 338 g/mol. The molecule has 0 saturated heterocycles. The van der Waals surface area contributed by atoms with Crippen molar-refractivity contribution in [1.29, 1.82) is 0 Å². The molecule has 1 aromatic carbocycles. The average Bonchev–Trinajstić information content (AvgIpc) is 2.64. The lowest BCUT2D eigenvalue weighted by Crippen LogP contribution is -2.20. The van der Waals surface area contributed by atoms with Crippen LogP contribution in [-0.2, 0) is 6.42 Å². The predicted octanol–water partition coefficient (Wildman–Crippen LogP) is 4.08. The molecule has 0 bridgehead atoms. The van der Waals surface area contributed by atoms with Crippen molar-refractivity contribution in [2.45, 2.75) is 25.3 Å². The van der Waals surface area contributed by atoms with E-state index in [1.54, 1.807) is 6.07 Å². The number of hydrogen-bond donors (Lipinski definition) is 1. The van der Waals surface area contributed by atoms with Gasteiger partial charge < -0.3 is 5.32 Å². The van der Waals surface area contributed by atoms with Gasteiger partial charge in [-0.1, -0.05) is 41.9 Å². The molecule has 0 fully saturated rings. The number of nitrogens with zero attached hydrogens (tertiary/aromatic N) is 4. The molecule has 0 unspecified atom stereocenters. The van der Waals surface area contributed by atoms with Gasteiger partial charge in [0.25, 0.3) is 0 Å². The Labute approximate surface area is 145 Å². The molecule has 5 nitrogen and oxygen atoms in total. The van der Waals surface area contributed by atoms with Gasteiger partial charge >= 0.3 is 0 Å². The number of aromatic nitrogens is 4. The molecule has 1 aliphatic carbocycles. The first kappa shape index (κ1) is 15.0. The van der Waals surface area contributed by atoms with Crippen LogP contribution in [-0.4, -0.2) is 20.2 Å². The predicted molar refractivity (Wildman–Crippen MR) is 93.8 cm³/mol. The molecular formula is C18H16ClN5. The molecule has 0 saturated carbocycles. The van der Waals surface area contributed by atoms with Crippen LogP contribution in [0, 0.1) is 0 Å². The molecule has 2 aromatic heterocycles. The molecule has 0 radical (unpaired) electrons. The van der Waals surface area contributed by atoms with Gasteiger partial charge in [0.2, 0.25) is 0 Å². The fourth-order valence-electron chi connectivity index (χ4n) is 2.99. The highest BCUT2D eigenvalue weighted by Gasteiger charge is 2.23. The SMILES string of the molecule is Clc1ccc(N[C@H]2CCCc3nc(-c4ccccc4)ncc32)nn1. The van der Waals surface area contributed by atoms with Crippen molar-refractivity contribution < 1.29 is 0 Å². The maximum atomic E-state index is 5.79. The molecule has 1 N–H and O–H groups in total. The van der Waals surface area contributed by atoms with E-state index in [-0.39, 0.29) is 6.04 Å². The molecule has 2 heterocycles. The van der Waals surface area contributed by atoms with E-state index in [2.05, 4.69) is 20.5 Å². The quantitative estimate of drug-likeness (QED) is 0.780. The van der Waals surface area contributed by atoms with Gasteiger partial charge in [0.15, 0.2) is 11.0 Å². The number of halogens is 1. The zero-order valence-corrected chi connectivity index (χ0v) is 13.7. The fourth-order valence-corrected chi connectivity index (χ4v) is 3.10. The van der Waals surface area contributed by atoms with Gasteiger partial charge in [-0.15, -0.1) is 10.2 Å². The number of aryl methyl sites for hydroxylation is 1. The molecule has 3 aromatic rings. The molecule has 6 heteroatoms. The molecular weight excluding hydrogens is 322 g/mol. The summed E-state index contributed by atoms with van der Waals surface area (Å²) in [6.45, 7) is 0. The second-order valence-corrected chi connectivity index (χ2v) is 6.18. The van der Waals surface area contributed by atoms with Gasteiger partial charge in [0.1, 0.15) is 5.82 Å². The number of hydrogen-bond acceptors (Lipinski definition) is 5. The van der Waals surface area contributed by atoms with Crippen molar-refractivity contribution >= 4 is 17.4 Å². The van der Waals surface area contributed by atoms with E-state index in [9.17, 15) is 0 Å². The summed E-state index contributed by atoms with van der Waals surface area (Å²) in [5.74, 6) is 1.49. The Hall–Kier alpha value is -2.53. The first-order valence-electron chi connectivity index (χ1n) is 7.96. The highest BCUT2D eigenvalue weighted by atomic mass is 35.5. The van der Waals surface area contributed by atoms with E-state index in [1.807, 2.05) is 42.6 Å². The van der Waals surface area contributed by atoms with Crippen LogP contribution in [0.25, 0.3) is 11.4 Å². The van der Waals surface area contributed by atoms with E-state index in [1.165, 1.54) is 0 Å². The zero-order chi connectivity index (χ0) is 16.4. The van der Waals surface area contributed by atoms with Crippen LogP contribution in [0.3, 0.4) is 0 Å². The molecule has 0 aliphatic heterocycles. The van der Waals surface area contributed by atoms with E-state index < -0.39 is 0 Å². The van der Waals surface area contributed by atoms with Crippen LogP contribution >= 0.6 is 11.6 Å². The molecule has 0 amide bonds. The van der Waals surface area contributed by atoms with Crippen molar-refractivity contribution in [3.63, 3.8) is 0 Å². The van der Waals surface area contributed by atoms with Crippen LogP contribution in [0.2, 0.25) is 5.15 Å². The monoisotopic (exact) mass is 337 g/mol. The standard InChI is InChI=1S/C18H16ClN5/c19-16-9-10-17(24-23-16)21-14-7-4-8-15-13(14)11-20-18(22-15)12-5-2-1-3-6-12/h1-3,5-6,9-11,14H,4,7-8H2,(H,21,24)/t14-/m0/s1. The normalized spacial score (nSPS) is 16.5. The molecule has 120 valence electrons. The molecule has 24 heavy (non-hydrogen) atoms. The van der Waals surface area contributed by atoms with Crippen molar-refractivity contribution in [1.82, 2.24) is 20.2 Å². The minimum atomic E-state index is 0.147. The van der Waals surface area contributed by atoms with Crippen LogP contribution in [0.15, 0.2) is 48.7 Å². The van der Waals surface area contributed by atoms with Crippen LogP contribution < -0.4 is 5.32 Å². The van der Waals surface area contributed by atoms with Gasteiger partial charge in [0, 0.05) is 23.0 Å². The summed E-state index contributed by atoms with van der Waals surface area (Å²) in [6, 6.07) is 13.8. The number of nitrogens with one attached hydrogen (secondary N) is 1. The summed E-state index contributed by atoms with van der Waals surface area (Å²) in [7, 11) is 0. The van der Waals surface area contributed by atoms with E-state index >= 15 is 0 Å². The molecule has 1 atom stereocenters. The van der Waals surface area contributed by atoms with Crippen LogP contribution in [0.1, 0.15) is 30.1 Å². The second-order valence-electron chi connectivity index (χ2n) is 5.79. The third-order valence-corrected chi connectivity index (χ3v) is 4.37. The second kappa shape index (κ2) is 6.53. The molecule has 4 rings (SSSR count). The van der Waals surface area contributed by atoms with Crippen molar-refractivity contribution in [3.05, 3.63) is 65.1 Å². The largest absolute Gasteiger partial charge is 0.362 e. The Bertz CT molecular complexity index is 836. The number of benzene rings is 1. The first-order valence-corrected chi connectivity index (χ1v) is 8.34. The van der Waals surface area contributed by atoms with Crippen LogP contribution in [0.5, 0.6) is 0 Å². The maximum Gasteiger partial charge on any atom is 0.159 e. The Kier molecular flexibility index (Phi) is 4.09. The minimum absolute atomic E-state index is 0.147. The van der Waals surface area contributed by atoms with Gasteiger partial charge in [0.05, 0.1) is 6.04 Å². The number of rotatable bonds is 3.